The normalized spacial score (nSPS) is 18.3. The van der Waals surface area contributed by atoms with Gasteiger partial charge in [-0.2, -0.15) is 0 Å². The number of hydrogen-bond acceptors (Lipinski definition) is 2. The van der Waals surface area contributed by atoms with Gasteiger partial charge >= 0.3 is 0 Å². The highest BCUT2D eigenvalue weighted by Gasteiger charge is 2.27. The van der Waals surface area contributed by atoms with Gasteiger partial charge in [0.15, 0.2) is 0 Å². The van der Waals surface area contributed by atoms with Crippen LogP contribution in [0.4, 0.5) is 0 Å². The summed E-state index contributed by atoms with van der Waals surface area (Å²) in [7, 11) is 0. The van der Waals surface area contributed by atoms with E-state index in [2.05, 4.69) is 65.1 Å². The smallest absolute Gasteiger partial charge is 0.0947 e. The highest BCUT2D eigenvalue weighted by Crippen LogP contribution is 2.33. The molecule has 0 aliphatic carbocycles. The van der Waals surface area contributed by atoms with Crippen LogP contribution in [0.5, 0.6) is 0 Å². The Morgan fingerprint density at radius 3 is 2.67 bits per heavy atom. The number of rotatable bonds is 4. The Kier molecular flexibility index (Phi) is 4.26. The van der Waals surface area contributed by atoms with E-state index in [1.54, 1.807) is 6.26 Å². The molecule has 1 atom stereocenters. The molecule has 0 radical (unpaired) electrons. The third-order valence-corrected chi connectivity index (χ3v) is 5.02. The van der Waals surface area contributed by atoms with Crippen molar-refractivity contribution in [2.75, 3.05) is 6.54 Å². The topological polar surface area (TPSA) is 21.3 Å². The summed E-state index contributed by atoms with van der Waals surface area (Å²) in [6, 6.07) is 15.9. The lowest BCUT2D eigenvalue weighted by Gasteiger charge is -2.30. The molecule has 24 heavy (non-hydrogen) atoms. The zero-order valence-corrected chi connectivity index (χ0v) is 14.2. The Bertz CT molecular complexity index is 771. The van der Waals surface area contributed by atoms with Crippen molar-refractivity contribution in [1.82, 2.24) is 9.47 Å². The Morgan fingerprint density at radius 1 is 1.04 bits per heavy atom. The highest BCUT2D eigenvalue weighted by atomic mass is 16.3. The summed E-state index contributed by atoms with van der Waals surface area (Å²) in [5.74, 6) is 0. The standard InChI is InChI=1S/C21H24N2O/c1-2-17-6-8-19(9-7-17)21-20-5-3-11-22(20)12-4-13-23(21)15-18-10-14-24-16-18/h3,5-11,14,16,21H,2,4,12-13,15H2,1H3. The molecule has 1 aliphatic rings. The van der Waals surface area contributed by atoms with Crippen LogP contribution in [0.2, 0.25) is 0 Å². The molecule has 0 saturated heterocycles. The van der Waals surface area contributed by atoms with Gasteiger partial charge in [-0.1, -0.05) is 31.2 Å². The molecule has 124 valence electrons. The van der Waals surface area contributed by atoms with Crippen LogP contribution in [-0.2, 0) is 19.5 Å². The largest absolute Gasteiger partial charge is 0.472 e. The molecule has 0 amide bonds. The Balaban J connectivity index is 1.73. The van der Waals surface area contributed by atoms with Gasteiger partial charge in [0.1, 0.15) is 0 Å². The molecule has 3 heterocycles. The minimum atomic E-state index is 0.295. The van der Waals surface area contributed by atoms with Crippen molar-refractivity contribution in [2.45, 2.75) is 38.9 Å². The van der Waals surface area contributed by atoms with Gasteiger partial charge in [-0.05, 0) is 42.2 Å². The second kappa shape index (κ2) is 6.70. The van der Waals surface area contributed by atoms with Crippen LogP contribution < -0.4 is 0 Å². The maximum absolute atomic E-state index is 5.28. The van der Waals surface area contributed by atoms with Gasteiger partial charge in [0.05, 0.1) is 18.6 Å². The van der Waals surface area contributed by atoms with Crippen LogP contribution in [-0.4, -0.2) is 16.0 Å². The van der Waals surface area contributed by atoms with Crippen molar-refractivity contribution < 1.29 is 4.42 Å². The van der Waals surface area contributed by atoms with E-state index < -0.39 is 0 Å². The minimum absolute atomic E-state index is 0.295. The van der Waals surface area contributed by atoms with Gasteiger partial charge in [-0.15, -0.1) is 0 Å². The SMILES string of the molecule is CCc1ccc(C2c3cccn3CCCN2Cc2ccoc2)cc1. The van der Waals surface area contributed by atoms with Gasteiger partial charge < -0.3 is 8.98 Å². The Labute approximate surface area is 143 Å². The lowest BCUT2D eigenvalue weighted by molar-refractivity contribution is 0.220. The van der Waals surface area contributed by atoms with E-state index in [1.807, 2.05) is 6.26 Å². The molecule has 2 aromatic heterocycles. The number of aromatic nitrogens is 1. The summed E-state index contributed by atoms with van der Waals surface area (Å²) in [6.45, 7) is 5.31. The van der Waals surface area contributed by atoms with Crippen molar-refractivity contribution >= 4 is 0 Å². The lowest BCUT2D eigenvalue weighted by Crippen LogP contribution is -2.29. The van der Waals surface area contributed by atoms with Crippen LogP contribution in [0.15, 0.2) is 65.6 Å². The van der Waals surface area contributed by atoms with Crippen molar-refractivity contribution in [3.63, 3.8) is 0 Å². The van der Waals surface area contributed by atoms with E-state index >= 15 is 0 Å². The van der Waals surface area contributed by atoms with Gasteiger partial charge in [-0.25, -0.2) is 0 Å². The summed E-state index contributed by atoms with van der Waals surface area (Å²) in [6.07, 6.45) is 8.09. The molecule has 0 bridgehead atoms. The first-order valence-corrected chi connectivity index (χ1v) is 8.84. The fourth-order valence-electron chi connectivity index (χ4n) is 3.74. The molecule has 3 heteroatoms. The third-order valence-electron chi connectivity index (χ3n) is 5.02. The Morgan fingerprint density at radius 2 is 1.92 bits per heavy atom. The molecule has 0 N–H and O–H groups in total. The number of nitrogens with zero attached hydrogens (tertiary/aromatic N) is 2. The number of aryl methyl sites for hydroxylation is 2. The van der Waals surface area contributed by atoms with Crippen LogP contribution in [0.3, 0.4) is 0 Å². The van der Waals surface area contributed by atoms with Crippen molar-refractivity contribution in [1.29, 1.82) is 0 Å². The monoisotopic (exact) mass is 320 g/mol. The third kappa shape index (κ3) is 2.92. The number of benzene rings is 1. The number of furan rings is 1. The Hall–Kier alpha value is -2.26. The zero-order valence-electron chi connectivity index (χ0n) is 14.2. The maximum atomic E-state index is 5.28. The molecular weight excluding hydrogens is 296 g/mol. The van der Waals surface area contributed by atoms with E-state index in [1.165, 1.54) is 28.8 Å². The first-order chi connectivity index (χ1) is 11.8. The predicted octanol–water partition coefficient (Wildman–Crippen LogP) is 4.64. The van der Waals surface area contributed by atoms with E-state index in [0.29, 0.717) is 6.04 Å². The summed E-state index contributed by atoms with van der Waals surface area (Å²) in [4.78, 5) is 2.57. The van der Waals surface area contributed by atoms with E-state index in [-0.39, 0.29) is 0 Å². The maximum Gasteiger partial charge on any atom is 0.0947 e. The van der Waals surface area contributed by atoms with E-state index in [4.69, 9.17) is 4.42 Å². The van der Waals surface area contributed by atoms with Gasteiger partial charge in [0.2, 0.25) is 0 Å². The average molecular weight is 320 g/mol. The van der Waals surface area contributed by atoms with Crippen molar-refractivity contribution in [2.24, 2.45) is 0 Å². The van der Waals surface area contributed by atoms with Gasteiger partial charge in [0, 0.05) is 37.1 Å². The zero-order chi connectivity index (χ0) is 16.4. The molecule has 1 aromatic carbocycles. The highest BCUT2D eigenvalue weighted by molar-refractivity contribution is 5.32. The molecular formula is C21H24N2O. The minimum Gasteiger partial charge on any atom is -0.472 e. The molecule has 0 fully saturated rings. The summed E-state index contributed by atoms with van der Waals surface area (Å²) in [5.41, 5.74) is 5.40. The fourth-order valence-corrected chi connectivity index (χ4v) is 3.74. The summed E-state index contributed by atoms with van der Waals surface area (Å²) in [5, 5.41) is 0. The van der Waals surface area contributed by atoms with E-state index in [0.717, 1.165) is 26.1 Å². The summed E-state index contributed by atoms with van der Waals surface area (Å²) >= 11 is 0. The van der Waals surface area contributed by atoms with Crippen LogP contribution in [0.25, 0.3) is 0 Å². The fraction of sp³-hybridized carbons (Fsp3) is 0.333. The molecule has 0 saturated carbocycles. The first-order valence-electron chi connectivity index (χ1n) is 8.84. The van der Waals surface area contributed by atoms with Gasteiger partial charge in [-0.3, -0.25) is 4.90 Å². The van der Waals surface area contributed by atoms with Gasteiger partial charge in [0.25, 0.3) is 0 Å². The van der Waals surface area contributed by atoms with Crippen LogP contribution in [0, 0.1) is 0 Å². The number of fused-ring (bicyclic) bond motifs is 1. The second-order valence-corrected chi connectivity index (χ2v) is 6.58. The predicted molar refractivity (Wildman–Crippen MR) is 95.8 cm³/mol. The molecule has 4 rings (SSSR count). The quantitative estimate of drug-likeness (QED) is 0.698. The first kappa shape index (κ1) is 15.3. The van der Waals surface area contributed by atoms with Crippen LogP contribution in [0.1, 0.15) is 41.8 Å². The molecule has 0 spiro atoms. The molecule has 3 nitrogen and oxygen atoms in total. The van der Waals surface area contributed by atoms with Crippen molar-refractivity contribution in [3.05, 3.63) is 83.6 Å². The lowest BCUT2D eigenvalue weighted by atomic mass is 9.99. The summed E-state index contributed by atoms with van der Waals surface area (Å²) < 4.78 is 7.69. The average Bonchev–Trinajstić information content (AvgIpc) is 3.25. The van der Waals surface area contributed by atoms with Crippen molar-refractivity contribution in [3.8, 4) is 0 Å². The second-order valence-electron chi connectivity index (χ2n) is 6.58. The molecule has 3 aromatic rings. The molecule has 1 aliphatic heterocycles. The molecule has 1 unspecified atom stereocenters. The van der Waals surface area contributed by atoms with E-state index in [9.17, 15) is 0 Å². The number of hydrogen-bond donors (Lipinski definition) is 0. The van der Waals surface area contributed by atoms with Crippen LogP contribution >= 0.6 is 0 Å².